The van der Waals surface area contributed by atoms with Gasteiger partial charge in [-0.15, -0.1) is 0 Å². The molecule has 0 aromatic rings. The van der Waals surface area contributed by atoms with Gasteiger partial charge in [-0.1, -0.05) is 19.8 Å². The van der Waals surface area contributed by atoms with Crippen LogP contribution in [0.1, 0.15) is 32.6 Å². The molecule has 2 N–H and O–H groups in total. The summed E-state index contributed by atoms with van der Waals surface area (Å²) >= 11 is 0. The molecule has 7 heteroatoms. The van der Waals surface area contributed by atoms with Crippen molar-refractivity contribution in [3.8, 4) is 0 Å². The van der Waals surface area contributed by atoms with E-state index in [1.807, 2.05) is 0 Å². The first-order chi connectivity index (χ1) is 10.0. The van der Waals surface area contributed by atoms with Gasteiger partial charge in [0.1, 0.15) is 0 Å². The normalized spacial score (nSPS) is 25.6. The lowest BCUT2D eigenvalue weighted by Crippen LogP contribution is -2.53. The minimum Gasteiger partial charge on any atom is -0.330 e. The molecule has 1 atom stereocenters. The lowest BCUT2D eigenvalue weighted by Gasteiger charge is -2.37. The SMILES string of the molecule is CC(CN)CN1CCN(S(=O)(=O)N2CCCCCC2)CC1. The highest BCUT2D eigenvalue weighted by Crippen LogP contribution is 2.18. The maximum Gasteiger partial charge on any atom is 0.282 e. The number of nitrogens with two attached hydrogens (primary N) is 1. The molecule has 0 aromatic heterocycles. The highest BCUT2D eigenvalue weighted by molar-refractivity contribution is 7.86. The number of hydrogen-bond acceptors (Lipinski definition) is 4. The largest absolute Gasteiger partial charge is 0.330 e. The Morgan fingerprint density at radius 1 is 0.905 bits per heavy atom. The zero-order chi connectivity index (χ0) is 15.3. The highest BCUT2D eigenvalue weighted by atomic mass is 32.2. The molecule has 0 radical (unpaired) electrons. The van der Waals surface area contributed by atoms with Crippen molar-refractivity contribution in [2.24, 2.45) is 11.7 Å². The van der Waals surface area contributed by atoms with E-state index < -0.39 is 10.2 Å². The maximum absolute atomic E-state index is 12.7. The molecule has 6 nitrogen and oxygen atoms in total. The first kappa shape index (κ1) is 17.1. The summed E-state index contributed by atoms with van der Waals surface area (Å²) in [5.41, 5.74) is 5.66. The summed E-state index contributed by atoms with van der Waals surface area (Å²) in [6.07, 6.45) is 4.29. The molecule has 2 aliphatic rings. The van der Waals surface area contributed by atoms with Crippen LogP contribution in [-0.4, -0.2) is 74.3 Å². The van der Waals surface area contributed by atoms with Crippen LogP contribution in [0.5, 0.6) is 0 Å². The Morgan fingerprint density at radius 3 is 1.95 bits per heavy atom. The van der Waals surface area contributed by atoms with Crippen molar-refractivity contribution in [3.05, 3.63) is 0 Å². The third kappa shape index (κ3) is 4.63. The monoisotopic (exact) mass is 318 g/mol. The number of rotatable bonds is 5. The van der Waals surface area contributed by atoms with Gasteiger partial charge in [-0.25, -0.2) is 0 Å². The molecule has 21 heavy (non-hydrogen) atoms. The van der Waals surface area contributed by atoms with Crippen molar-refractivity contribution in [2.75, 3.05) is 52.4 Å². The van der Waals surface area contributed by atoms with Crippen LogP contribution >= 0.6 is 0 Å². The van der Waals surface area contributed by atoms with E-state index in [-0.39, 0.29) is 0 Å². The number of nitrogens with zero attached hydrogens (tertiary/aromatic N) is 3. The standard InChI is InChI=1S/C14H30N4O2S/c1-14(12-15)13-16-8-10-18(11-9-16)21(19,20)17-6-4-2-3-5-7-17/h14H,2-13,15H2,1H3. The molecule has 2 saturated heterocycles. The third-order valence-electron chi connectivity index (χ3n) is 4.52. The fourth-order valence-electron chi connectivity index (χ4n) is 3.09. The zero-order valence-electron chi connectivity index (χ0n) is 13.2. The lowest BCUT2D eigenvalue weighted by molar-refractivity contribution is 0.164. The van der Waals surface area contributed by atoms with Gasteiger partial charge in [0.25, 0.3) is 10.2 Å². The van der Waals surface area contributed by atoms with Crippen LogP contribution in [-0.2, 0) is 10.2 Å². The minimum atomic E-state index is -3.25. The summed E-state index contributed by atoms with van der Waals surface area (Å²) in [7, 11) is -3.25. The zero-order valence-corrected chi connectivity index (χ0v) is 14.0. The molecule has 124 valence electrons. The van der Waals surface area contributed by atoms with Crippen molar-refractivity contribution in [2.45, 2.75) is 32.6 Å². The molecule has 0 amide bonds. The van der Waals surface area contributed by atoms with E-state index in [2.05, 4.69) is 11.8 Å². The van der Waals surface area contributed by atoms with Crippen LogP contribution in [0, 0.1) is 5.92 Å². The van der Waals surface area contributed by atoms with Crippen LogP contribution in [0.4, 0.5) is 0 Å². The molecule has 0 aromatic carbocycles. The number of hydrogen-bond donors (Lipinski definition) is 1. The predicted molar refractivity (Wildman–Crippen MR) is 85.2 cm³/mol. The lowest BCUT2D eigenvalue weighted by atomic mass is 10.1. The summed E-state index contributed by atoms with van der Waals surface area (Å²) < 4.78 is 28.7. The average Bonchev–Trinajstić information content (AvgIpc) is 2.77. The molecule has 1 unspecified atom stereocenters. The summed E-state index contributed by atoms with van der Waals surface area (Å²) in [6.45, 7) is 8.02. The van der Waals surface area contributed by atoms with E-state index in [0.717, 1.165) is 45.3 Å². The molecular formula is C14H30N4O2S. The van der Waals surface area contributed by atoms with Crippen molar-refractivity contribution in [1.29, 1.82) is 0 Å². The molecule has 0 bridgehead atoms. The summed E-state index contributed by atoms with van der Waals surface area (Å²) in [5, 5.41) is 0. The van der Waals surface area contributed by atoms with Gasteiger partial charge in [-0.05, 0) is 25.3 Å². The summed E-state index contributed by atoms with van der Waals surface area (Å²) in [4.78, 5) is 2.33. The minimum absolute atomic E-state index is 0.471. The predicted octanol–water partition coefficient (Wildman–Crippen LogP) is 0.320. The van der Waals surface area contributed by atoms with Gasteiger partial charge in [0.15, 0.2) is 0 Å². The quantitative estimate of drug-likeness (QED) is 0.792. The van der Waals surface area contributed by atoms with Gasteiger partial charge in [-0.3, -0.25) is 0 Å². The summed E-state index contributed by atoms with van der Waals surface area (Å²) in [5.74, 6) is 0.471. The van der Waals surface area contributed by atoms with Gasteiger partial charge in [0.05, 0.1) is 0 Å². The van der Waals surface area contributed by atoms with Crippen LogP contribution < -0.4 is 5.73 Å². The molecular weight excluding hydrogens is 288 g/mol. The maximum atomic E-state index is 12.7. The van der Waals surface area contributed by atoms with Gasteiger partial charge in [-0.2, -0.15) is 17.0 Å². The van der Waals surface area contributed by atoms with Crippen LogP contribution in [0.3, 0.4) is 0 Å². The van der Waals surface area contributed by atoms with E-state index in [0.29, 0.717) is 38.6 Å². The topological polar surface area (TPSA) is 69.9 Å². The van der Waals surface area contributed by atoms with Crippen molar-refractivity contribution >= 4 is 10.2 Å². The van der Waals surface area contributed by atoms with Crippen molar-refractivity contribution in [1.82, 2.24) is 13.5 Å². The fraction of sp³-hybridized carbons (Fsp3) is 1.00. The van der Waals surface area contributed by atoms with E-state index in [1.54, 1.807) is 8.61 Å². The van der Waals surface area contributed by atoms with Crippen molar-refractivity contribution in [3.63, 3.8) is 0 Å². The second-order valence-electron chi connectivity index (χ2n) is 6.36. The molecule has 2 aliphatic heterocycles. The Labute approximate surface area is 129 Å². The first-order valence-electron chi connectivity index (χ1n) is 8.21. The van der Waals surface area contributed by atoms with E-state index in [9.17, 15) is 8.42 Å². The molecule has 2 heterocycles. The Hall–Kier alpha value is -0.210. The van der Waals surface area contributed by atoms with E-state index >= 15 is 0 Å². The first-order valence-corrected chi connectivity index (χ1v) is 9.61. The second-order valence-corrected chi connectivity index (χ2v) is 8.29. The van der Waals surface area contributed by atoms with Gasteiger partial charge < -0.3 is 10.6 Å². The van der Waals surface area contributed by atoms with Gasteiger partial charge in [0, 0.05) is 45.8 Å². The van der Waals surface area contributed by atoms with Gasteiger partial charge in [0.2, 0.25) is 0 Å². The van der Waals surface area contributed by atoms with Crippen LogP contribution in [0.15, 0.2) is 0 Å². The molecule has 2 rings (SSSR count). The Balaban J connectivity index is 1.88. The van der Waals surface area contributed by atoms with E-state index in [4.69, 9.17) is 5.73 Å². The second kappa shape index (κ2) is 7.87. The molecule has 0 aliphatic carbocycles. The summed E-state index contributed by atoms with van der Waals surface area (Å²) in [6, 6.07) is 0. The Kier molecular flexibility index (Phi) is 6.43. The van der Waals surface area contributed by atoms with Gasteiger partial charge >= 0.3 is 0 Å². The Bertz CT molecular complexity index is 399. The number of piperazine rings is 1. The van der Waals surface area contributed by atoms with E-state index in [1.165, 1.54) is 0 Å². The molecule has 0 saturated carbocycles. The molecule has 2 fully saturated rings. The van der Waals surface area contributed by atoms with Crippen molar-refractivity contribution < 1.29 is 8.42 Å². The third-order valence-corrected chi connectivity index (χ3v) is 6.56. The fourth-order valence-corrected chi connectivity index (χ4v) is 4.76. The average molecular weight is 318 g/mol. The smallest absolute Gasteiger partial charge is 0.282 e. The Morgan fingerprint density at radius 2 is 1.43 bits per heavy atom. The van der Waals surface area contributed by atoms with Crippen LogP contribution in [0.25, 0.3) is 0 Å². The highest BCUT2D eigenvalue weighted by Gasteiger charge is 2.32. The van der Waals surface area contributed by atoms with Crippen LogP contribution in [0.2, 0.25) is 0 Å². The molecule has 0 spiro atoms.